The van der Waals surface area contributed by atoms with Gasteiger partial charge in [0.15, 0.2) is 0 Å². The highest BCUT2D eigenvalue weighted by Gasteiger charge is 2.24. The molecule has 2 aromatic rings. The molecule has 6 nitrogen and oxygen atoms in total. The second-order valence-corrected chi connectivity index (χ2v) is 7.39. The van der Waals surface area contributed by atoms with E-state index >= 15 is 0 Å². The van der Waals surface area contributed by atoms with Crippen molar-refractivity contribution in [1.29, 1.82) is 0 Å². The fourth-order valence-electron chi connectivity index (χ4n) is 4.09. The SMILES string of the molecule is Cc1nc([C@H]2CCCN(CCc3cn[nH]c3)C2)cc(N2CCCC2)n1. The summed E-state index contributed by atoms with van der Waals surface area (Å²) in [5.41, 5.74) is 2.53. The van der Waals surface area contributed by atoms with Crippen molar-refractivity contribution in [3.63, 3.8) is 0 Å². The van der Waals surface area contributed by atoms with Crippen LogP contribution in [0.1, 0.15) is 48.7 Å². The van der Waals surface area contributed by atoms with Crippen molar-refractivity contribution in [2.75, 3.05) is 37.6 Å². The quantitative estimate of drug-likeness (QED) is 0.906. The Balaban J connectivity index is 1.43. The molecule has 2 aliphatic rings. The first-order chi connectivity index (χ1) is 12.3. The van der Waals surface area contributed by atoms with E-state index in [1.54, 1.807) is 0 Å². The molecule has 0 aromatic carbocycles. The van der Waals surface area contributed by atoms with E-state index in [0.717, 1.165) is 44.2 Å². The molecule has 4 heterocycles. The summed E-state index contributed by atoms with van der Waals surface area (Å²) in [6.07, 6.45) is 10.0. The van der Waals surface area contributed by atoms with E-state index in [2.05, 4.69) is 26.1 Å². The van der Waals surface area contributed by atoms with Crippen LogP contribution < -0.4 is 4.90 Å². The van der Waals surface area contributed by atoms with Gasteiger partial charge in [0.1, 0.15) is 11.6 Å². The maximum atomic E-state index is 4.79. The van der Waals surface area contributed by atoms with Crippen LogP contribution in [0.4, 0.5) is 5.82 Å². The number of nitrogens with zero attached hydrogens (tertiary/aromatic N) is 5. The van der Waals surface area contributed by atoms with Crippen LogP contribution in [-0.2, 0) is 6.42 Å². The number of nitrogens with one attached hydrogen (secondary N) is 1. The van der Waals surface area contributed by atoms with Gasteiger partial charge in [-0.15, -0.1) is 0 Å². The van der Waals surface area contributed by atoms with Gasteiger partial charge in [0, 0.05) is 44.4 Å². The van der Waals surface area contributed by atoms with Crippen LogP contribution >= 0.6 is 0 Å². The van der Waals surface area contributed by atoms with Crippen molar-refractivity contribution in [2.24, 2.45) is 0 Å². The highest BCUT2D eigenvalue weighted by atomic mass is 15.2. The summed E-state index contributed by atoms with van der Waals surface area (Å²) < 4.78 is 0. The van der Waals surface area contributed by atoms with E-state index in [-0.39, 0.29) is 0 Å². The number of aromatic amines is 1. The molecule has 0 amide bonds. The molecule has 4 rings (SSSR count). The fourth-order valence-corrected chi connectivity index (χ4v) is 4.09. The van der Waals surface area contributed by atoms with E-state index in [1.165, 1.54) is 43.5 Å². The number of H-pyrrole nitrogens is 1. The Morgan fingerprint density at radius 1 is 1.16 bits per heavy atom. The molecule has 0 saturated carbocycles. The Morgan fingerprint density at radius 2 is 2.04 bits per heavy atom. The van der Waals surface area contributed by atoms with Crippen LogP contribution in [0.25, 0.3) is 0 Å². The first-order valence-corrected chi connectivity index (χ1v) is 9.58. The lowest BCUT2D eigenvalue weighted by molar-refractivity contribution is 0.208. The highest BCUT2D eigenvalue weighted by molar-refractivity contribution is 5.41. The molecular weight excluding hydrogens is 312 g/mol. The van der Waals surface area contributed by atoms with Crippen LogP contribution in [0.3, 0.4) is 0 Å². The number of aryl methyl sites for hydroxylation is 1. The third-order valence-electron chi connectivity index (χ3n) is 5.47. The van der Waals surface area contributed by atoms with Crippen molar-refractivity contribution >= 4 is 5.82 Å². The fraction of sp³-hybridized carbons (Fsp3) is 0.632. The summed E-state index contributed by atoms with van der Waals surface area (Å²) in [5, 5.41) is 6.94. The minimum absolute atomic E-state index is 0.529. The van der Waals surface area contributed by atoms with Crippen LogP contribution in [0.15, 0.2) is 18.5 Å². The number of hydrogen-bond acceptors (Lipinski definition) is 5. The minimum Gasteiger partial charge on any atom is -0.357 e. The molecule has 2 aromatic heterocycles. The Kier molecular flexibility index (Phi) is 4.97. The van der Waals surface area contributed by atoms with Gasteiger partial charge >= 0.3 is 0 Å². The average molecular weight is 340 g/mol. The first kappa shape index (κ1) is 16.5. The van der Waals surface area contributed by atoms with Gasteiger partial charge in [-0.25, -0.2) is 9.97 Å². The monoisotopic (exact) mass is 340 g/mol. The van der Waals surface area contributed by atoms with E-state index in [4.69, 9.17) is 9.97 Å². The molecule has 0 spiro atoms. The molecule has 25 heavy (non-hydrogen) atoms. The predicted octanol–water partition coefficient (Wildman–Crippen LogP) is 2.53. The molecule has 2 saturated heterocycles. The minimum atomic E-state index is 0.529. The summed E-state index contributed by atoms with van der Waals surface area (Å²) in [4.78, 5) is 14.5. The summed E-state index contributed by atoms with van der Waals surface area (Å²) >= 11 is 0. The molecule has 6 heteroatoms. The summed E-state index contributed by atoms with van der Waals surface area (Å²) in [5.74, 6) is 2.58. The lowest BCUT2D eigenvalue weighted by atomic mass is 9.94. The van der Waals surface area contributed by atoms with Crippen molar-refractivity contribution in [3.8, 4) is 0 Å². The highest BCUT2D eigenvalue weighted by Crippen LogP contribution is 2.28. The summed E-state index contributed by atoms with van der Waals surface area (Å²) in [6.45, 7) is 7.70. The van der Waals surface area contributed by atoms with Crippen molar-refractivity contribution in [3.05, 3.63) is 35.5 Å². The molecule has 0 unspecified atom stereocenters. The molecule has 134 valence electrons. The van der Waals surface area contributed by atoms with Gasteiger partial charge in [-0.1, -0.05) is 0 Å². The average Bonchev–Trinajstić information content (AvgIpc) is 3.33. The third-order valence-corrected chi connectivity index (χ3v) is 5.47. The largest absolute Gasteiger partial charge is 0.357 e. The van der Waals surface area contributed by atoms with Gasteiger partial charge < -0.3 is 9.80 Å². The number of rotatable bonds is 5. The molecule has 0 bridgehead atoms. The van der Waals surface area contributed by atoms with Gasteiger partial charge in [-0.2, -0.15) is 5.10 Å². The molecule has 2 fully saturated rings. The Hall–Kier alpha value is -1.95. The predicted molar refractivity (Wildman–Crippen MR) is 98.9 cm³/mol. The van der Waals surface area contributed by atoms with E-state index in [1.807, 2.05) is 19.3 Å². The van der Waals surface area contributed by atoms with Crippen LogP contribution in [-0.4, -0.2) is 57.8 Å². The zero-order valence-electron chi connectivity index (χ0n) is 15.1. The number of aromatic nitrogens is 4. The maximum Gasteiger partial charge on any atom is 0.132 e. The van der Waals surface area contributed by atoms with Crippen molar-refractivity contribution in [2.45, 2.75) is 44.9 Å². The molecule has 0 aliphatic carbocycles. The summed E-state index contributed by atoms with van der Waals surface area (Å²) in [7, 11) is 0. The Labute approximate surface area is 149 Å². The lowest BCUT2D eigenvalue weighted by Gasteiger charge is -2.32. The van der Waals surface area contributed by atoms with Crippen LogP contribution in [0.5, 0.6) is 0 Å². The van der Waals surface area contributed by atoms with E-state index in [9.17, 15) is 0 Å². The molecule has 2 aliphatic heterocycles. The van der Waals surface area contributed by atoms with Crippen LogP contribution in [0, 0.1) is 6.92 Å². The molecule has 1 atom stereocenters. The van der Waals surface area contributed by atoms with Crippen LogP contribution in [0.2, 0.25) is 0 Å². The molecular formula is C19H28N6. The second kappa shape index (κ2) is 7.52. The number of piperidine rings is 1. The molecule has 1 N–H and O–H groups in total. The zero-order valence-corrected chi connectivity index (χ0v) is 15.1. The smallest absolute Gasteiger partial charge is 0.132 e. The van der Waals surface area contributed by atoms with Gasteiger partial charge in [-0.05, 0) is 51.1 Å². The Bertz CT molecular complexity index is 677. The summed E-state index contributed by atoms with van der Waals surface area (Å²) in [6, 6.07) is 2.25. The molecule has 0 radical (unpaired) electrons. The normalized spacial score (nSPS) is 21.8. The zero-order chi connectivity index (χ0) is 17.1. The number of hydrogen-bond donors (Lipinski definition) is 1. The van der Waals surface area contributed by atoms with Crippen molar-refractivity contribution in [1.82, 2.24) is 25.1 Å². The van der Waals surface area contributed by atoms with Gasteiger partial charge in [-0.3, -0.25) is 5.10 Å². The topological polar surface area (TPSA) is 60.9 Å². The van der Waals surface area contributed by atoms with E-state index in [0.29, 0.717) is 5.92 Å². The number of anilines is 1. The Morgan fingerprint density at radius 3 is 2.84 bits per heavy atom. The lowest BCUT2D eigenvalue weighted by Crippen LogP contribution is -2.36. The third kappa shape index (κ3) is 4.00. The maximum absolute atomic E-state index is 4.79. The number of likely N-dealkylation sites (tertiary alicyclic amines) is 1. The van der Waals surface area contributed by atoms with Crippen molar-refractivity contribution < 1.29 is 0 Å². The second-order valence-electron chi connectivity index (χ2n) is 7.39. The standard InChI is InChI=1S/C19H28N6/c1-15-22-18(11-19(23-15)25-8-2-3-9-25)17-5-4-7-24(14-17)10-6-16-12-20-21-13-16/h11-13,17H,2-10,14H2,1H3,(H,20,21)/t17-/m0/s1. The van der Waals surface area contributed by atoms with E-state index < -0.39 is 0 Å². The van der Waals surface area contributed by atoms with Gasteiger partial charge in [0.25, 0.3) is 0 Å². The first-order valence-electron chi connectivity index (χ1n) is 9.58. The van der Waals surface area contributed by atoms with Gasteiger partial charge in [0.2, 0.25) is 0 Å². The van der Waals surface area contributed by atoms with Gasteiger partial charge in [0.05, 0.1) is 11.9 Å².